The van der Waals surface area contributed by atoms with Gasteiger partial charge in [0.15, 0.2) is 0 Å². The van der Waals surface area contributed by atoms with E-state index in [0.29, 0.717) is 5.92 Å². The van der Waals surface area contributed by atoms with Gasteiger partial charge in [-0.2, -0.15) is 0 Å². The third kappa shape index (κ3) is 1.95. The van der Waals surface area contributed by atoms with E-state index >= 15 is 0 Å². The highest BCUT2D eigenvalue weighted by molar-refractivity contribution is 4.71. The molecule has 0 aromatic heterocycles. The van der Waals surface area contributed by atoms with Crippen molar-refractivity contribution in [3.63, 3.8) is 0 Å². The van der Waals surface area contributed by atoms with Gasteiger partial charge in [0.05, 0.1) is 6.10 Å². The van der Waals surface area contributed by atoms with Gasteiger partial charge in [-0.1, -0.05) is 6.42 Å². The first-order valence-electron chi connectivity index (χ1n) is 3.71. The van der Waals surface area contributed by atoms with Gasteiger partial charge in [-0.15, -0.1) is 0 Å². The van der Waals surface area contributed by atoms with Crippen LogP contribution in [-0.2, 0) is 0 Å². The van der Waals surface area contributed by atoms with Crippen LogP contribution in [0.2, 0.25) is 0 Å². The molecule has 1 aliphatic rings. The van der Waals surface area contributed by atoms with Gasteiger partial charge in [-0.3, -0.25) is 0 Å². The minimum atomic E-state index is -0.0627. The van der Waals surface area contributed by atoms with E-state index in [9.17, 15) is 0 Å². The zero-order chi connectivity index (χ0) is 6.69. The van der Waals surface area contributed by atoms with Crippen LogP contribution in [0.25, 0.3) is 0 Å². The summed E-state index contributed by atoms with van der Waals surface area (Å²) >= 11 is 0. The second-order valence-corrected chi connectivity index (χ2v) is 2.92. The lowest BCUT2D eigenvalue weighted by atomic mass is 9.87. The Bertz CT molecular complexity index is 85.0. The first-order chi connectivity index (χ1) is 4.33. The average molecular weight is 129 g/mol. The van der Waals surface area contributed by atoms with E-state index in [4.69, 9.17) is 10.8 Å². The van der Waals surface area contributed by atoms with Crippen LogP contribution in [0.4, 0.5) is 0 Å². The second-order valence-electron chi connectivity index (χ2n) is 2.92. The van der Waals surface area contributed by atoms with Gasteiger partial charge in [-0.25, -0.2) is 0 Å². The Labute approximate surface area is 56.1 Å². The summed E-state index contributed by atoms with van der Waals surface area (Å²) in [5, 5.41) is 9.16. The number of hydrogen-bond acceptors (Lipinski definition) is 2. The van der Waals surface area contributed by atoms with Crippen LogP contribution >= 0.6 is 0 Å². The second kappa shape index (κ2) is 3.18. The Morgan fingerprint density at radius 1 is 1.44 bits per heavy atom. The van der Waals surface area contributed by atoms with Crippen molar-refractivity contribution >= 4 is 0 Å². The molecule has 1 fully saturated rings. The van der Waals surface area contributed by atoms with Crippen molar-refractivity contribution in [2.45, 2.75) is 31.8 Å². The molecule has 2 atom stereocenters. The molecule has 0 amide bonds. The lowest BCUT2D eigenvalue weighted by Crippen LogP contribution is -2.25. The van der Waals surface area contributed by atoms with E-state index in [0.717, 1.165) is 25.8 Å². The van der Waals surface area contributed by atoms with E-state index in [1.807, 2.05) is 0 Å². The van der Waals surface area contributed by atoms with Crippen molar-refractivity contribution < 1.29 is 5.11 Å². The Balaban J connectivity index is 2.23. The number of nitrogens with two attached hydrogens (primary N) is 1. The zero-order valence-electron chi connectivity index (χ0n) is 5.71. The number of hydrogen-bond donors (Lipinski definition) is 2. The van der Waals surface area contributed by atoms with Crippen LogP contribution in [0.1, 0.15) is 25.7 Å². The minimum absolute atomic E-state index is 0.0627. The van der Waals surface area contributed by atoms with E-state index in [-0.39, 0.29) is 6.10 Å². The molecule has 3 N–H and O–H groups in total. The lowest BCUT2D eigenvalue weighted by molar-refractivity contribution is 0.103. The van der Waals surface area contributed by atoms with Gasteiger partial charge in [0, 0.05) is 0 Å². The van der Waals surface area contributed by atoms with Crippen LogP contribution in [0.3, 0.4) is 0 Å². The number of rotatable bonds is 1. The van der Waals surface area contributed by atoms with Crippen molar-refractivity contribution in [2.75, 3.05) is 6.54 Å². The van der Waals surface area contributed by atoms with Crippen molar-refractivity contribution in [1.29, 1.82) is 0 Å². The third-order valence-electron chi connectivity index (χ3n) is 2.09. The molecule has 2 nitrogen and oxygen atoms in total. The number of aliphatic hydroxyl groups is 1. The lowest BCUT2D eigenvalue weighted by Gasteiger charge is -2.24. The van der Waals surface area contributed by atoms with Crippen molar-refractivity contribution in [3.8, 4) is 0 Å². The van der Waals surface area contributed by atoms with Crippen molar-refractivity contribution in [3.05, 3.63) is 0 Å². The quantitative estimate of drug-likeness (QED) is 0.541. The summed E-state index contributed by atoms with van der Waals surface area (Å²) in [6, 6.07) is 0. The standard InChI is InChI=1S/C7H15NO/c8-5-6-2-1-3-7(9)4-6/h6-7,9H,1-5,8H2/t6-,7?/m1/s1. The molecule has 0 aromatic carbocycles. The minimum Gasteiger partial charge on any atom is -0.393 e. The predicted molar refractivity (Wildman–Crippen MR) is 37.0 cm³/mol. The van der Waals surface area contributed by atoms with Gasteiger partial charge in [0.25, 0.3) is 0 Å². The summed E-state index contributed by atoms with van der Waals surface area (Å²) in [7, 11) is 0. The Kier molecular flexibility index (Phi) is 2.49. The first kappa shape index (κ1) is 7.03. The van der Waals surface area contributed by atoms with Gasteiger partial charge in [-0.05, 0) is 31.7 Å². The summed E-state index contributed by atoms with van der Waals surface area (Å²) in [4.78, 5) is 0. The predicted octanol–water partition coefficient (Wildman–Crippen LogP) is 0.496. The smallest absolute Gasteiger partial charge is 0.0543 e. The van der Waals surface area contributed by atoms with E-state index in [1.165, 1.54) is 6.42 Å². The van der Waals surface area contributed by atoms with Crippen LogP contribution < -0.4 is 5.73 Å². The van der Waals surface area contributed by atoms with E-state index < -0.39 is 0 Å². The summed E-state index contributed by atoms with van der Waals surface area (Å²) in [6.45, 7) is 0.747. The molecular formula is C7H15NO. The van der Waals surface area contributed by atoms with Crippen LogP contribution in [0.5, 0.6) is 0 Å². The summed E-state index contributed by atoms with van der Waals surface area (Å²) in [5.41, 5.74) is 5.45. The van der Waals surface area contributed by atoms with Crippen LogP contribution in [0, 0.1) is 5.92 Å². The highest BCUT2D eigenvalue weighted by Gasteiger charge is 2.17. The molecule has 0 spiro atoms. The largest absolute Gasteiger partial charge is 0.393 e. The van der Waals surface area contributed by atoms with Gasteiger partial charge >= 0.3 is 0 Å². The Morgan fingerprint density at radius 3 is 2.67 bits per heavy atom. The molecule has 0 saturated heterocycles. The molecule has 9 heavy (non-hydrogen) atoms. The maximum atomic E-state index is 9.16. The maximum Gasteiger partial charge on any atom is 0.0543 e. The fraction of sp³-hybridized carbons (Fsp3) is 1.00. The normalized spacial score (nSPS) is 36.7. The van der Waals surface area contributed by atoms with Crippen LogP contribution in [0.15, 0.2) is 0 Å². The first-order valence-corrected chi connectivity index (χ1v) is 3.71. The zero-order valence-corrected chi connectivity index (χ0v) is 5.71. The van der Waals surface area contributed by atoms with Gasteiger partial charge < -0.3 is 10.8 Å². The SMILES string of the molecule is NC[C@@H]1CCCC(O)C1. The third-order valence-corrected chi connectivity index (χ3v) is 2.09. The molecule has 2 heteroatoms. The summed E-state index contributed by atoms with van der Waals surface area (Å²) in [6.07, 6.45) is 4.22. The maximum absolute atomic E-state index is 9.16. The molecular weight excluding hydrogens is 114 g/mol. The molecule has 54 valence electrons. The molecule has 0 aromatic rings. The molecule has 0 heterocycles. The van der Waals surface area contributed by atoms with Gasteiger partial charge in [0.1, 0.15) is 0 Å². The highest BCUT2D eigenvalue weighted by Crippen LogP contribution is 2.22. The Morgan fingerprint density at radius 2 is 2.22 bits per heavy atom. The average Bonchev–Trinajstić information content (AvgIpc) is 1.88. The molecule has 0 bridgehead atoms. The fourth-order valence-corrected chi connectivity index (χ4v) is 1.48. The molecule has 1 rings (SSSR count). The summed E-state index contributed by atoms with van der Waals surface area (Å²) in [5.74, 6) is 0.591. The molecule has 1 aliphatic carbocycles. The Hall–Kier alpha value is -0.0800. The van der Waals surface area contributed by atoms with Crippen molar-refractivity contribution in [1.82, 2.24) is 0 Å². The number of aliphatic hydroxyl groups excluding tert-OH is 1. The van der Waals surface area contributed by atoms with E-state index in [1.54, 1.807) is 0 Å². The topological polar surface area (TPSA) is 46.2 Å². The molecule has 0 aliphatic heterocycles. The van der Waals surface area contributed by atoms with E-state index in [2.05, 4.69) is 0 Å². The highest BCUT2D eigenvalue weighted by atomic mass is 16.3. The fourth-order valence-electron chi connectivity index (χ4n) is 1.48. The van der Waals surface area contributed by atoms with Crippen LogP contribution in [-0.4, -0.2) is 17.8 Å². The van der Waals surface area contributed by atoms with Gasteiger partial charge in [0.2, 0.25) is 0 Å². The molecule has 1 saturated carbocycles. The summed E-state index contributed by atoms with van der Waals surface area (Å²) < 4.78 is 0. The van der Waals surface area contributed by atoms with Crippen molar-refractivity contribution in [2.24, 2.45) is 11.7 Å². The monoisotopic (exact) mass is 129 g/mol. The molecule has 1 unspecified atom stereocenters. The molecule has 0 radical (unpaired) electrons.